The van der Waals surface area contributed by atoms with Crippen molar-refractivity contribution >= 4 is 23.0 Å². The van der Waals surface area contributed by atoms with Gasteiger partial charge in [-0.2, -0.15) is 0 Å². The Bertz CT molecular complexity index is 1050. The van der Waals surface area contributed by atoms with E-state index in [4.69, 9.17) is 14.2 Å². The highest BCUT2D eigenvalue weighted by atomic mass is 32.1. The highest BCUT2D eigenvalue weighted by Crippen LogP contribution is 2.35. The van der Waals surface area contributed by atoms with Crippen LogP contribution in [-0.2, 0) is 11.3 Å². The maximum Gasteiger partial charge on any atom is 0.345 e. The Hall–Kier alpha value is -3.46. The van der Waals surface area contributed by atoms with Crippen molar-refractivity contribution in [2.45, 2.75) is 13.5 Å². The molecule has 0 bridgehead atoms. The summed E-state index contributed by atoms with van der Waals surface area (Å²) in [4.78, 5) is 27.6. The van der Waals surface area contributed by atoms with Gasteiger partial charge in [0.1, 0.15) is 17.2 Å². The van der Waals surface area contributed by atoms with Crippen LogP contribution in [0.5, 0.6) is 11.5 Å². The van der Waals surface area contributed by atoms with Crippen LogP contribution < -0.4 is 9.47 Å². The van der Waals surface area contributed by atoms with Crippen LogP contribution in [0.4, 0.5) is 5.69 Å². The van der Waals surface area contributed by atoms with Gasteiger partial charge < -0.3 is 14.2 Å². The second-order valence-corrected chi connectivity index (χ2v) is 6.93. The summed E-state index contributed by atoms with van der Waals surface area (Å²) in [6.45, 7) is 1.90. The number of methoxy groups -OCH3 is 2. The zero-order valence-electron chi connectivity index (χ0n) is 16.0. The summed E-state index contributed by atoms with van der Waals surface area (Å²) >= 11 is 1.43. The molecular formula is C20H18N2O6S. The van der Waals surface area contributed by atoms with Crippen LogP contribution in [0.3, 0.4) is 0 Å². The molecule has 1 heterocycles. The molecule has 1 aromatic heterocycles. The van der Waals surface area contributed by atoms with Crippen molar-refractivity contribution in [2.75, 3.05) is 14.2 Å². The summed E-state index contributed by atoms with van der Waals surface area (Å²) in [6.07, 6.45) is 0. The van der Waals surface area contributed by atoms with E-state index in [1.165, 1.54) is 31.6 Å². The second kappa shape index (κ2) is 8.70. The standard InChI is InChI=1S/C20H18N2O6S/c1-12-4-6-13(7-5-12)19-21-14(11-29-19)10-28-20(23)15-8-17(26-2)18(27-3)9-16(15)22(24)25/h4-9,11H,10H2,1-3H3. The van der Waals surface area contributed by atoms with Crippen LogP contribution in [0.1, 0.15) is 21.6 Å². The van der Waals surface area contributed by atoms with Crippen LogP contribution in [-0.4, -0.2) is 30.1 Å². The zero-order chi connectivity index (χ0) is 21.0. The number of nitro benzene ring substituents is 1. The quantitative estimate of drug-likeness (QED) is 0.321. The molecule has 0 atom stereocenters. The Morgan fingerprint density at radius 1 is 1.14 bits per heavy atom. The third kappa shape index (κ3) is 4.52. The summed E-state index contributed by atoms with van der Waals surface area (Å²) in [6, 6.07) is 10.3. The highest BCUT2D eigenvalue weighted by molar-refractivity contribution is 7.13. The summed E-state index contributed by atoms with van der Waals surface area (Å²) < 4.78 is 15.4. The predicted molar refractivity (Wildman–Crippen MR) is 108 cm³/mol. The number of rotatable bonds is 7. The fourth-order valence-electron chi connectivity index (χ4n) is 2.60. The number of carbonyl (C=O) groups excluding carboxylic acids is 1. The number of ether oxygens (including phenoxy) is 3. The number of esters is 1. The van der Waals surface area contributed by atoms with E-state index in [0.717, 1.165) is 22.2 Å². The molecule has 8 nitrogen and oxygen atoms in total. The van der Waals surface area contributed by atoms with E-state index in [1.54, 1.807) is 5.38 Å². The molecule has 0 N–H and O–H groups in total. The van der Waals surface area contributed by atoms with Crippen LogP contribution in [0, 0.1) is 17.0 Å². The number of aryl methyl sites for hydroxylation is 1. The number of thiazole rings is 1. The number of nitrogens with zero attached hydrogens (tertiary/aromatic N) is 2. The molecule has 0 aliphatic rings. The minimum absolute atomic E-state index is 0.104. The molecule has 0 saturated heterocycles. The van der Waals surface area contributed by atoms with Gasteiger partial charge in [-0.15, -0.1) is 11.3 Å². The lowest BCUT2D eigenvalue weighted by atomic mass is 10.1. The Labute approximate surface area is 170 Å². The Balaban J connectivity index is 1.77. The zero-order valence-corrected chi connectivity index (χ0v) is 16.8. The van der Waals surface area contributed by atoms with Gasteiger partial charge in [0.25, 0.3) is 5.69 Å². The van der Waals surface area contributed by atoms with Crippen molar-refractivity contribution in [2.24, 2.45) is 0 Å². The first kappa shape index (κ1) is 20.3. The minimum Gasteiger partial charge on any atom is -0.493 e. The molecule has 9 heteroatoms. The van der Waals surface area contributed by atoms with Crippen molar-refractivity contribution in [1.29, 1.82) is 0 Å². The monoisotopic (exact) mass is 414 g/mol. The van der Waals surface area contributed by atoms with Crippen molar-refractivity contribution in [3.05, 3.63) is 68.7 Å². The number of hydrogen-bond acceptors (Lipinski definition) is 8. The summed E-state index contributed by atoms with van der Waals surface area (Å²) in [5, 5.41) is 13.9. The number of nitro groups is 1. The van der Waals surface area contributed by atoms with Gasteiger partial charge in [0, 0.05) is 17.0 Å². The second-order valence-electron chi connectivity index (χ2n) is 6.07. The van der Waals surface area contributed by atoms with E-state index in [2.05, 4.69) is 4.98 Å². The summed E-state index contributed by atoms with van der Waals surface area (Å²) in [5.74, 6) is -0.499. The fourth-order valence-corrected chi connectivity index (χ4v) is 3.41. The normalized spacial score (nSPS) is 10.4. The molecule has 0 aliphatic heterocycles. The molecule has 0 fully saturated rings. The first-order valence-electron chi connectivity index (χ1n) is 8.52. The maximum absolute atomic E-state index is 12.5. The SMILES string of the molecule is COc1cc(C(=O)OCc2csc(-c3ccc(C)cc3)n2)c([N+](=O)[O-])cc1OC. The van der Waals surface area contributed by atoms with Crippen molar-refractivity contribution in [3.63, 3.8) is 0 Å². The smallest absolute Gasteiger partial charge is 0.345 e. The van der Waals surface area contributed by atoms with Gasteiger partial charge in [0.15, 0.2) is 11.5 Å². The number of aromatic nitrogens is 1. The van der Waals surface area contributed by atoms with Gasteiger partial charge in [-0.1, -0.05) is 29.8 Å². The van der Waals surface area contributed by atoms with Gasteiger partial charge in [-0.05, 0) is 6.92 Å². The molecule has 3 aromatic rings. The van der Waals surface area contributed by atoms with Crippen molar-refractivity contribution in [3.8, 4) is 22.1 Å². The van der Waals surface area contributed by atoms with Gasteiger partial charge in [0.05, 0.1) is 30.9 Å². The van der Waals surface area contributed by atoms with Gasteiger partial charge in [-0.25, -0.2) is 9.78 Å². The average molecular weight is 414 g/mol. The Morgan fingerprint density at radius 3 is 2.41 bits per heavy atom. The van der Waals surface area contributed by atoms with E-state index >= 15 is 0 Å². The molecule has 2 aromatic carbocycles. The lowest BCUT2D eigenvalue weighted by Gasteiger charge is -2.10. The molecule has 150 valence electrons. The Kier molecular flexibility index (Phi) is 6.08. The lowest BCUT2D eigenvalue weighted by Crippen LogP contribution is -2.09. The highest BCUT2D eigenvalue weighted by Gasteiger charge is 2.26. The van der Waals surface area contributed by atoms with Crippen LogP contribution in [0.2, 0.25) is 0 Å². The maximum atomic E-state index is 12.5. The largest absolute Gasteiger partial charge is 0.493 e. The fraction of sp³-hybridized carbons (Fsp3) is 0.200. The van der Waals surface area contributed by atoms with Gasteiger partial charge in [-0.3, -0.25) is 10.1 Å². The summed E-state index contributed by atoms with van der Waals surface area (Å²) in [5.41, 5.74) is 2.03. The van der Waals surface area contributed by atoms with Crippen molar-refractivity contribution < 1.29 is 23.9 Å². The lowest BCUT2D eigenvalue weighted by molar-refractivity contribution is -0.385. The van der Waals surface area contributed by atoms with E-state index in [0.29, 0.717) is 5.69 Å². The summed E-state index contributed by atoms with van der Waals surface area (Å²) in [7, 11) is 2.73. The minimum atomic E-state index is -0.845. The van der Waals surface area contributed by atoms with Crippen LogP contribution in [0.15, 0.2) is 41.8 Å². The third-order valence-corrected chi connectivity index (χ3v) is 5.06. The third-order valence-electron chi connectivity index (χ3n) is 4.12. The number of benzene rings is 2. The average Bonchev–Trinajstić information content (AvgIpc) is 3.20. The molecule has 29 heavy (non-hydrogen) atoms. The Morgan fingerprint density at radius 2 is 1.79 bits per heavy atom. The molecule has 0 amide bonds. The molecular weight excluding hydrogens is 396 g/mol. The van der Waals surface area contributed by atoms with Gasteiger partial charge in [0.2, 0.25) is 0 Å². The predicted octanol–water partition coefficient (Wildman–Crippen LogP) is 4.40. The number of carbonyl (C=O) groups is 1. The van der Waals surface area contributed by atoms with E-state index in [-0.39, 0.29) is 23.7 Å². The topological polar surface area (TPSA) is 101 Å². The first-order valence-corrected chi connectivity index (χ1v) is 9.40. The number of hydrogen-bond donors (Lipinski definition) is 0. The molecule has 3 rings (SSSR count). The first-order chi connectivity index (χ1) is 13.9. The van der Waals surface area contributed by atoms with E-state index < -0.39 is 16.6 Å². The van der Waals surface area contributed by atoms with Gasteiger partial charge >= 0.3 is 5.97 Å². The molecule has 0 saturated carbocycles. The molecule has 0 unspecified atom stereocenters. The van der Waals surface area contributed by atoms with E-state index in [9.17, 15) is 14.9 Å². The molecule has 0 radical (unpaired) electrons. The van der Waals surface area contributed by atoms with Crippen LogP contribution >= 0.6 is 11.3 Å². The van der Waals surface area contributed by atoms with Crippen molar-refractivity contribution in [1.82, 2.24) is 4.98 Å². The van der Waals surface area contributed by atoms with E-state index in [1.807, 2.05) is 31.2 Å². The molecule has 0 aliphatic carbocycles. The molecule has 0 spiro atoms. The van der Waals surface area contributed by atoms with Crippen LogP contribution in [0.25, 0.3) is 10.6 Å².